The predicted octanol–water partition coefficient (Wildman–Crippen LogP) is 6.66. The van der Waals surface area contributed by atoms with E-state index in [9.17, 15) is 4.79 Å². The SMILES string of the molecule is CCCCC/C=C\CC=CCCCCCCCCCC(=O)O. The van der Waals surface area contributed by atoms with Crippen molar-refractivity contribution < 1.29 is 9.90 Å². The maximum atomic E-state index is 10.3. The Morgan fingerprint density at radius 2 is 1.23 bits per heavy atom. The summed E-state index contributed by atoms with van der Waals surface area (Å²) in [7, 11) is 0. The van der Waals surface area contributed by atoms with Gasteiger partial charge in [0, 0.05) is 6.42 Å². The first-order valence-electron chi connectivity index (χ1n) is 9.29. The number of hydrogen-bond acceptors (Lipinski definition) is 1. The zero-order valence-electron chi connectivity index (χ0n) is 14.6. The summed E-state index contributed by atoms with van der Waals surface area (Å²) in [4.78, 5) is 10.3. The van der Waals surface area contributed by atoms with Crippen LogP contribution < -0.4 is 0 Å². The molecule has 0 saturated heterocycles. The molecule has 0 bridgehead atoms. The van der Waals surface area contributed by atoms with Crippen molar-refractivity contribution in [1.29, 1.82) is 0 Å². The molecule has 0 radical (unpaired) electrons. The highest BCUT2D eigenvalue weighted by Gasteiger charge is 1.96. The molecule has 22 heavy (non-hydrogen) atoms. The molecular formula is C20H36O2. The molecule has 0 aliphatic carbocycles. The van der Waals surface area contributed by atoms with Gasteiger partial charge in [-0.2, -0.15) is 0 Å². The van der Waals surface area contributed by atoms with Crippen LogP contribution in [0, 0.1) is 0 Å². The standard InChI is InChI=1S/C20H36O2/c1-2-3-4-5-6-7-8-9-10-11-12-13-14-15-16-17-18-19-20(21)22/h6-7,9-10H,2-5,8,11-19H2,1H3,(H,21,22)/b7-6-,10-9?. The second kappa shape index (κ2) is 18.0. The quantitative estimate of drug-likeness (QED) is 0.255. The van der Waals surface area contributed by atoms with Crippen molar-refractivity contribution in [2.24, 2.45) is 0 Å². The highest BCUT2D eigenvalue weighted by molar-refractivity contribution is 5.66. The molecule has 0 spiro atoms. The van der Waals surface area contributed by atoms with Crippen molar-refractivity contribution in [3.05, 3.63) is 24.3 Å². The fraction of sp³-hybridized carbons (Fsp3) is 0.750. The molecule has 1 N–H and O–H groups in total. The van der Waals surface area contributed by atoms with Crippen LogP contribution in [0.4, 0.5) is 0 Å². The summed E-state index contributed by atoms with van der Waals surface area (Å²) < 4.78 is 0. The van der Waals surface area contributed by atoms with Crippen LogP contribution in [0.25, 0.3) is 0 Å². The van der Waals surface area contributed by atoms with Gasteiger partial charge in [0.15, 0.2) is 0 Å². The molecule has 0 aliphatic heterocycles. The summed E-state index contributed by atoms with van der Waals surface area (Å²) >= 11 is 0. The normalized spacial score (nSPS) is 11.7. The van der Waals surface area contributed by atoms with E-state index in [0.29, 0.717) is 6.42 Å². The van der Waals surface area contributed by atoms with Gasteiger partial charge in [-0.1, -0.05) is 76.2 Å². The predicted molar refractivity (Wildman–Crippen MR) is 96.2 cm³/mol. The van der Waals surface area contributed by atoms with Gasteiger partial charge in [0.05, 0.1) is 0 Å². The number of allylic oxidation sites excluding steroid dienone is 4. The molecule has 0 atom stereocenters. The van der Waals surface area contributed by atoms with Crippen LogP contribution in [0.3, 0.4) is 0 Å². The van der Waals surface area contributed by atoms with Gasteiger partial charge in [0.2, 0.25) is 0 Å². The van der Waals surface area contributed by atoms with E-state index in [1.165, 1.54) is 64.2 Å². The maximum Gasteiger partial charge on any atom is 0.303 e. The lowest BCUT2D eigenvalue weighted by molar-refractivity contribution is -0.137. The lowest BCUT2D eigenvalue weighted by atomic mass is 10.1. The topological polar surface area (TPSA) is 37.3 Å². The van der Waals surface area contributed by atoms with Gasteiger partial charge >= 0.3 is 5.97 Å². The van der Waals surface area contributed by atoms with E-state index in [4.69, 9.17) is 5.11 Å². The fourth-order valence-electron chi connectivity index (χ4n) is 2.44. The van der Waals surface area contributed by atoms with E-state index in [-0.39, 0.29) is 0 Å². The molecule has 0 saturated carbocycles. The van der Waals surface area contributed by atoms with E-state index >= 15 is 0 Å². The molecule has 0 rings (SSSR count). The Labute approximate surface area is 137 Å². The highest BCUT2D eigenvalue weighted by atomic mass is 16.4. The smallest absolute Gasteiger partial charge is 0.303 e. The molecule has 2 heteroatoms. The van der Waals surface area contributed by atoms with Gasteiger partial charge in [-0.25, -0.2) is 0 Å². The summed E-state index contributed by atoms with van der Waals surface area (Å²) in [5, 5.41) is 8.53. The average Bonchev–Trinajstić information content (AvgIpc) is 2.50. The van der Waals surface area contributed by atoms with Gasteiger partial charge in [-0.15, -0.1) is 0 Å². The van der Waals surface area contributed by atoms with Gasteiger partial charge in [0.25, 0.3) is 0 Å². The summed E-state index contributed by atoms with van der Waals surface area (Å²) in [6, 6.07) is 0. The second-order valence-electron chi connectivity index (χ2n) is 6.08. The first kappa shape index (κ1) is 20.9. The van der Waals surface area contributed by atoms with Crippen molar-refractivity contribution in [3.63, 3.8) is 0 Å². The Morgan fingerprint density at radius 3 is 1.77 bits per heavy atom. The van der Waals surface area contributed by atoms with Crippen molar-refractivity contribution in [2.45, 2.75) is 96.8 Å². The van der Waals surface area contributed by atoms with Crippen LogP contribution >= 0.6 is 0 Å². The first-order chi connectivity index (χ1) is 10.8. The molecule has 0 unspecified atom stereocenters. The van der Waals surface area contributed by atoms with Gasteiger partial charge in [-0.3, -0.25) is 4.79 Å². The Morgan fingerprint density at radius 1 is 0.727 bits per heavy atom. The molecule has 0 aromatic rings. The number of hydrogen-bond donors (Lipinski definition) is 1. The number of carboxylic acid groups (broad SMARTS) is 1. The summed E-state index contributed by atoms with van der Waals surface area (Å²) in [5.74, 6) is -0.664. The average molecular weight is 309 g/mol. The van der Waals surface area contributed by atoms with Crippen LogP contribution in [0.2, 0.25) is 0 Å². The van der Waals surface area contributed by atoms with E-state index in [2.05, 4.69) is 31.2 Å². The van der Waals surface area contributed by atoms with Crippen molar-refractivity contribution in [2.75, 3.05) is 0 Å². The number of unbranched alkanes of at least 4 members (excludes halogenated alkanes) is 10. The largest absolute Gasteiger partial charge is 0.481 e. The summed E-state index contributed by atoms with van der Waals surface area (Å²) in [5.41, 5.74) is 0. The van der Waals surface area contributed by atoms with Crippen molar-refractivity contribution in [3.8, 4) is 0 Å². The molecule has 0 aromatic heterocycles. The third-order valence-corrected chi connectivity index (χ3v) is 3.84. The minimum atomic E-state index is -0.664. The van der Waals surface area contributed by atoms with E-state index in [0.717, 1.165) is 19.3 Å². The number of carboxylic acids is 1. The molecule has 0 fully saturated rings. The third kappa shape index (κ3) is 18.9. The molecule has 128 valence electrons. The lowest BCUT2D eigenvalue weighted by Crippen LogP contribution is -1.93. The first-order valence-corrected chi connectivity index (χ1v) is 9.29. The van der Waals surface area contributed by atoms with Gasteiger partial charge in [-0.05, 0) is 38.5 Å². The molecular weight excluding hydrogens is 272 g/mol. The monoisotopic (exact) mass is 308 g/mol. The molecule has 0 aliphatic rings. The molecule has 0 amide bonds. The van der Waals surface area contributed by atoms with E-state index in [1.54, 1.807) is 0 Å². The number of rotatable bonds is 16. The van der Waals surface area contributed by atoms with Crippen LogP contribution in [-0.4, -0.2) is 11.1 Å². The highest BCUT2D eigenvalue weighted by Crippen LogP contribution is 2.10. The van der Waals surface area contributed by atoms with Crippen LogP contribution in [-0.2, 0) is 4.79 Å². The van der Waals surface area contributed by atoms with Crippen molar-refractivity contribution >= 4 is 5.97 Å². The fourth-order valence-corrected chi connectivity index (χ4v) is 2.44. The second-order valence-corrected chi connectivity index (χ2v) is 6.08. The zero-order chi connectivity index (χ0) is 16.3. The van der Waals surface area contributed by atoms with Gasteiger partial charge in [0.1, 0.15) is 0 Å². The Hall–Kier alpha value is -1.05. The minimum absolute atomic E-state index is 0.331. The summed E-state index contributed by atoms with van der Waals surface area (Å²) in [6.45, 7) is 2.24. The van der Waals surface area contributed by atoms with Crippen LogP contribution in [0.1, 0.15) is 96.8 Å². The van der Waals surface area contributed by atoms with Gasteiger partial charge < -0.3 is 5.11 Å². The molecule has 0 aromatic carbocycles. The minimum Gasteiger partial charge on any atom is -0.481 e. The molecule has 0 heterocycles. The number of aliphatic carboxylic acids is 1. The van der Waals surface area contributed by atoms with E-state index in [1.807, 2.05) is 0 Å². The summed E-state index contributed by atoms with van der Waals surface area (Å²) in [6.07, 6.45) is 25.2. The maximum absolute atomic E-state index is 10.3. The van der Waals surface area contributed by atoms with Crippen LogP contribution in [0.15, 0.2) is 24.3 Å². The Bertz CT molecular complexity index is 292. The Balaban J connectivity index is 3.15. The van der Waals surface area contributed by atoms with Crippen LogP contribution in [0.5, 0.6) is 0 Å². The lowest BCUT2D eigenvalue weighted by Gasteiger charge is -2.00. The van der Waals surface area contributed by atoms with Crippen molar-refractivity contribution in [1.82, 2.24) is 0 Å². The molecule has 2 nitrogen and oxygen atoms in total. The van der Waals surface area contributed by atoms with E-state index < -0.39 is 5.97 Å². The zero-order valence-corrected chi connectivity index (χ0v) is 14.6. The Kier molecular flexibility index (Phi) is 17.1. The number of carbonyl (C=O) groups is 1. The third-order valence-electron chi connectivity index (χ3n) is 3.84.